The Hall–Kier alpha value is -1.07. The molecule has 4 saturated carbocycles. The van der Waals surface area contributed by atoms with Gasteiger partial charge in [-0.05, 0) is 93.0 Å². The molecule has 13 atom stereocenters. The van der Waals surface area contributed by atoms with Gasteiger partial charge in [0.1, 0.15) is 31.0 Å². The van der Waals surface area contributed by atoms with Crippen LogP contribution in [0.4, 0.5) is 0 Å². The van der Waals surface area contributed by atoms with E-state index in [0.29, 0.717) is 18.4 Å². The molecule has 5 fully saturated rings. The van der Waals surface area contributed by atoms with Gasteiger partial charge in [-0.3, -0.25) is 0 Å². The molecule has 214 valence electrons. The SMILES string of the molecule is C[C@]12CC[C@H](O[C@@H]3O[C@H](CO)[C@@H](O)[C@H](O)[C@H]3O)C[C@H]1CC[C@@H]1[C@@H]2CC[C@]2(C)[C@@H](C3=CCOC3=O)CC[C@]12O. The number of rotatable bonds is 4. The average Bonchev–Trinajstić information content (AvgIpc) is 3.43. The van der Waals surface area contributed by atoms with Crippen molar-refractivity contribution < 1.29 is 44.5 Å². The van der Waals surface area contributed by atoms with Gasteiger partial charge in [0.25, 0.3) is 0 Å². The maximum Gasteiger partial charge on any atom is 0.334 e. The maximum absolute atomic E-state index is 12.4. The van der Waals surface area contributed by atoms with E-state index in [1.807, 2.05) is 6.08 Å². The van der Waals surface area contributed by atoms with Crippen molar-refractivity contribution >= 4 is 5.97 Å². The van der Waals surface area contributed by atoms with Crippen molar-refractivity contribution in [3.63, 3.8) is 0 Å². The number of cyclic esters (lactones) is 1. The average molecular weight is 537 g/mol. The van der Waals surface area contributed by atoms with E-state index in [1.54, 1.807) is 0 Å². The van der Waals surface area contributed by atoms with E-state index in [4.69, 9.17) is 14.2 Å². The summed E-state index contributed by atoms with van der Waals surface area (Å²) in [6.07, 6.45) is 3.42. The van der Waals surface area contributed by atoms with E-state index in [2.05, 4.69) is 13.8 Å². The van der Waals surface area contributed by atoms with Gasteiger partial charge in [0, 0.05) is 11.0 Å². The van der Waals surface area contributed by atoms with Gasteiger partial charge in [-0.1, -0.05) is 13.8 Å². The Morgan fingerprint density at radius 1 is 0.974 bits per heavy atom. The molecule has 38 heavy (non-hydrogen) atoms. The number of hydrogen-bond acceptors (Lipinski definition) is 9. The zero-order chi connectivity index (χ0) is 27.0. The summed E-state index contributed by atoms with van der Waals surface area (Å²) in [4.78, 5) is 12.4. The van der Waals surface area contributed by atoms with Crippen LogP contribution in [0.15, 0.2) is 11.6 Å². The van der Waals surface area contributed by atoms with Crippen molar-refractivity contribution in [1.29, 1.82) is 0 Å². The molecule has 0 aromatic carbocycles. The Balaban J connectivity index is 1.16. The van der Waals surface area contributed by atoms with E-state index in [9.17, 15) is 30.3 Å². The van der Waals surface area contributed by atoms with E-state index in [0.717, 1.165) is 63.4 Å². The highest BCUT2D eigenvalue weighted by Gasteiger charge is 2.68. The van der Waals surface area contributed by atoms with Crippen molar-refractivity contribution in [2.75, 3.05) is 13.2 Å². The predicted octanol–water partition coefficient (Wildman–Crippen LogP) is 1.43. The van der Waals surface area contributed by atoms with Crippen LogP contribution in [0.5, 0.6) is 0 Å². The van der Waals surface area contributed by atoms with Gasteiger partial charge >= 0.3 is 5.97 Å². The van der Waals surface area contributed by atoms with Crippen LogP contribution in [0.1, 0.15) is 71.6 Å². The summed E-state index contributed by atoms with van der Waals surface area (Å²) < 4.78 is 17.0. The number of hydrogen-bond donors (Lipinski definition) is 5. The molecule has 0 aromatic heterocycles. The van der Waals surface area contributed by atoms with Crippen LogP contribution >= 0.6 is 0 Å². The first-order valence-electron chi connectivity index (χ1n) is 14.6. The second-order valence-corrected chi connectivity index (χ2v) is 13.5. The first-order chi connectivity index (χ1) is 18.0. The number of ether oxygens (including phenoxy) is 3. The smallest absolute Gasteiger partial charge is 0.334 e. The second-order valence-electron chi connectivity index (χ2n) is 13.5. The van der Waals surface area contributed by atoms with Crippen LogP contribution in [0.25, 0.3) is 0 Å². The summed E-state index contributed by atoms with van der Waals surface area (Å²) in [7, 11) is 0. The van der Waals surface area contributed by atoms with Gasteiger partial charge in [0.05, 0.1) is 18.3 Å². The van der Waals surface area contributed by atoms with Crippen LogP contribution < -0.4 is 0 Å². The van der Waals surface area contributed by atoms with Crippen molar-refractivity contribution in [3.8, 4) is 0 Å². The molecular formula is C29H44O9. The fourth-order valence-electron chi connectivity index (χ4n) is 9.84. The lowest BCUT2D eigenvalue weighted by atomic mass is 9.43. The number of carbonyl (C=O) groups is 1. The number of aliphatic hydroxyl groups is 5. The Morgan fingerprint density at radius 3 is 2.47 bits per heavy atom. The molecule has 0 unspecified atom stereocenters. The minimum Gasteiger partial charge on any atom is -0.458 e. The highest BCUT2D eigenvalue weighted by molar-refractivity contribution is 5.91. The van der Waals surface area contributed by atoms with Gasteiger partial charge in [0.2, 0.25) is 0 Å². The molecule has 4 aliphatic carbocycles. The number of esters is 1. The second kappa shape index (κ2) is 9.50. The monoisotopic (exact) mass is 536 g/mol. The van der Waals surface area contributed by atoms with Crippen molar-refractivity contribution in [1.82, 2.24) is 0 Å². The number of carbonyl (C=O) groups excluding carboxylic acids is 1. The lowest BCUT2D eigenvalue weighted by Gasteiger charge is -2.63. The Morgan fingerprint density at radius 2 is 1.76 bits per heavy atom. The van der Waals surface area contributed by atoms with Gasteiger partial charge in [-0.2, -0.15) is 0 Å². The first kappa shape index (κ1) is 27.1. The summed E-state index contributed by atoms with van der Waals surface area (Å²) >= 11 is 0. The topological polar surface area (TPSA) is 146 Å². The normalized spacial score (nSPS) is 54.5. The van der Waals surface area contributed by atoms with E-state index < -0.39 is 42.9 Å². The molecule has 5 N–H and O–H groups in total. The zero-order valence-electron chi connectivity index (χ0n) is 22.5. The molecule has 9 nitrogen and oxygen atoms in total. The minimum atomic E-state index is -1.44. The first-order valence-corrected chi connectivity index (χ1v) is 14.6. The quantitative estimate of drug-likeness (QED) is 0.266. The molecule has 0 amide bonds. The zero-order valence-corrected chi connectivity index (χ0v) is 22.5. The van der Waals surface area contributed by atoms with Gasteiger partial charge in [-0.15, -0.1) is 0 Å². The number of aliphatic hydroxyl groups excluding tert-OH is 4. The third-order valence-corrected chi connectivity index (χ3v) is 12.1. The standard InChI is InChI=1S/C29H44O9/c1-27-9-5-16(37-26-24(33)23(32)22(31)21(14-30)38-26)13-15(27)3-4-20-19(27)6-10-28(2)18(7-11-29(20,28)35)17-8-12-36-25(17)34/h8,15-16,18-24,26,30-33,35H,3-7,9-14H2,1-2H3/t15-,16+,18-,19+,20-,21-,22-,23+,24-,26-,27+,28-,29+/m1/s1. The minimum absolute atomic E-state index is 0.0525. The van der Waals surface area contributed by atoms with E-state index in [-0.39, 0.29) is 34.7 Å². The third-order valence-electron chi connectivity index (χ3n) is 12.1. The summed E-state index contributed by atoms with van der Waals surface area (Å²) in [6, 6.07) is 0. The molecule has 0 bridgehead atoms. The van der Waals surface area contributed by atoms with Crippen LogP contribution in [0.2, 0.25) is 0 Å². The van der Waals surface area contributed by atoms with Crippen LogP contribution in [-0.2, 0) is 19.0 Å². The predicted molar refractivity (Wildman–Crippen MR) is 134 cm³/mol. The van der Waals surface area contributed by atoms with Crippen LogP contribution in [0.3, 0.4) is 0 Å². The van der Waals surface area contributed by atoms with Crippen molar-refractivity contribution in [2.24, 2.45) is 34.5 Å². The number of fused-ring (bicyclic) bond motifs is 5. The lowest BCUT2D eigenvalue weighted by Crippen LogP contribution is -2.63. The summed E-state index contributed by atoms with van der Waals surface area (Å²) in [6.45, 7) is 4.46. The Bertz CT molecular complexity index is 968. The van der Waals surface area contributed by atoms with Crippen LogP contribution in [-0.4, -0.2) is 87.1 Å². The third kappa shape index (κ3) is 3.80. The molecule has 0 aromatic rings. The van der Waals surface area contributed by atoms with Crippen LogP contribution in [0, 0.1) is 34.5 Å². The van der Waals surface area contributed by atoms with E-state index in [1.165, 1.54) is 0 Å². The summed E-state index contributed by atoms with van der Waals surface area (Å²) in [5, 5.41) is 52.5. The molecule has 2 aliphatic heterocycles. The van der Waals surface area contributed by atoms with E-state index >= 15 is 0 Å². The summed E-state index contributed by atoms with van der Waals surface area (Å²) in [5.74, 6) is 0.849. The van der Waals surface area contributed by atoms with Crippen molar-refractivity contribution in [2.45, 2.75) is 114 Å². The fraction of sp³-hybridized carbons (Fsp3) is 0.897. The molecule has 6 rings (SSSR count). The van der Waals surface area contributed by atoms with Gasteiger partial charge in [-0.25, -0.2) is 4.79 Å². The Labute approximate surface area is 224 Å². The molecule has 2 heterocycles. The van der Waals surface area contributed by atoms with Gasteiger partial charge in [0.15, 0.2) is 6.29 Å². The summed E-state index contributed by atoms with van der Waals surface area (Å²) in [5.41, 5.74) is -0.274. The fourth-order valence-corrected chi connectivity index (χ4v) is 9.84. The molecule has 0 radical (unpaired) electrons. The van der Waals surface area contributed by atoms with Crippen molar-refractivity contribution in [3.05, 3.63) is 11.6 Å². The highest BCUT2D eigenvalue weighted by atomic mass is 16.7. The molecule has 6 aliphatic rings. The molecular weight excluding hydrogens is 492 g/mol. The maximum atomic E-state index is 12.4. The Kier molecular flexibility index (Phi) is 6.78. The molecule has 0 spiro atoms. The van der Waals surface area contributed by atoms with Gasteiger partial charge < -0.3 is 39.7 Å². The largest absolute Gasteiger partial charge is 0.458 e. The lowest BCUT2D eigenvalue weighted by molar-refractivity contribution is -0.317. The molecule has 9 heteroatoms. The molecule has 1 saturated heterocycles. The highest BCUT2D eigenvalue weighted by Crippen LogP contribution is 2.70.